The number of rotatable bonds is 7. The molecule has 0 saturated carbocycles. The molecular weight excluding hydrogens is 492 g/mol. The number of nitrogens with one attached hydrogen (secondary N) is 1. The Morgan fingerprint density at radius 3 is 2.03 bits per heavy atom. The largest absolute Gasteiger partial charge is 0.416 e. The van der Waals surface area contributed by atoms with E-state index < -0.39 is 5.91 Å². The smallest absolute Gasteiger partial charge is 0.261 e. The zero-order valence-corrected chi connectivity index (χ0v) is 20.7. The van der Waals surface area contributed by atoms with Crippen LogP contribution in [0.2, 0.25) is 0 Å². The Labute approximate surface area is 223 Å². The quantitative estimate of drug-likeness (QED) is 0.288. The number of fused-ring (bicyclic) bond motifs is 1. The average molecular weight is 515 g/mol. The van der Waals surface area contributed by atoms with E-state index in [9.17, 15) is 14.4 Å². The van der Waals surface area contributed by atoms with Crippen molar-refractivity contribution >= 4 is 23.4 Å². The molecule has 5 aromatic rings. The van der Waals surface area contributed by atoms with E-state index in [0.717, 1.165) is 11.1 Å². The lowest BCUT2D eigenvalue weighted by atomic mass is 10.1. The highest BCUT2D eigenvalue weighted by atomic mass is 16.4. The fraction of sp³-hybridized carbons (Fsp3) is 0.0645. The second-order valence-electron chi connectivity index (χ2n) is 9.07. The van der Waals surface area contributed by atoms with Gasteiger partial charge in [-0.25, -0.2) is 0 Å². The Balaban J connectivity index is 1.13. The predicted octanol–water partition coefficient (Wildman–Crippen LogP) is 5.49. The zero-order valence-electron chi connectivity index (χ0n) is 20.7. The van der Waals surface area contributed by atoms with Crippen LogP contribution in [0.1, 0.15) is 36.6 Å². The number of hydrogen-bond donors (Lipinski definition) is 1. The number of nitrogens with zero attached hydrogens (tertiary/aromatic N) is 3. The van der Waals surface area contributed by atoms with Crippen LogP contribution in [0.5, 0.6) is 0 Å². The minimum atomic E-state index is -0.391. The maximum absolute atomic E-state index is 13.0. The van der Waals surface area contributed by atoms with E-state index in [1.165, 1.54) is 17.0 Å². The Hall–Kier alpha value is -5.37. The topological polar surface area (TPSA) is 105 Å². The summed E-state index contributed by atoms with van der Waals surface area (Å²) in [6.07, 6.45) is 0.562. The minimum absolute atomic E-state index is 0.238. The molecule has 8 heteroatoms. The molecule has 190 valence electrons. The van der Waals surface area contributed by atoms with Gasteiger partial charge in [0.15, 0.2) is 0 Å². The number of imide groups is 1. The van der Waals surface area contributed by atoms with Crippen molar-refractivity contribution in [1.82, 2.24) is 15.1 Å². The Morgan fingerprint density at radius 2 is 1.33 bits per heavy atom. The minimum Gasteiger partial charge on any atom is -0.416 e. The van der Waals surface area contributed by atoms with Crippen LogP contribution in [0.25, 0.3) is 22.9 Å². The van der Waals surface area contributed by atoms with Gasteiger partial charge in [0, 0.05) is 28.9 Å². The van der Waals surface area contributed by atoms with E-state index >= 15 is 0 Å². The summed E-state index contributed by atoms with van der Waals surface area (Å²) in [5.41, 5.74) is 3.96. The molecule has 1 aliphatic rings. The van der Waals surface area contributed by atoms with Gasteiger partial charge < -0.3 is 9.73 Å². The van der Waals surface area contributed by atoms with Gasteiger partial charge in [-0.05, 0) is 66.6 Å². The maximum atomic E-state index is 13.0. The lowest BCUT2D eigenvalue weighted by Crippen LogP contribution is -2.31. The van der Waals surface area contributed by atoms with Crippen molar-refractivity contribution in [2.24, 2.45) is 0 Å². The van der Waals surface area contributed by atoms with Crippen molar-refractivity contribution in [3.8, 4) is 22.9 Å². The van der Waals surface area contributed by atoms with Gasteiger partial charge in [0.25, 0.3) is 17.7 Å². The third kappa shape index (κ3) is 4.83. The molecule has 0 bridgehead atoms. The van der Waals surface area contributed by atoms with Gasteiger partial charge in [-0.15, -0.1) is 10.2 Å². The third-order valence-corrected chi connectivity index (χ3v) is 6.54. The number of carbonyl (C=O) groups excluding carboxylic acids is 3. The summed E-state index contributed by atoms with van der Waals surface area (Å²) in [6, 6.07) is 30.7. The van der Waals surface area contributed by atoms with Crippen LogP contribution in [-0.4, -0.2) is 39.4 Å². The SMILES string of the molecule is O=C(Nc1ccc(-c2nnc(-c3ccccc3)o2)cc1)c1ccc2c(c1)C(=O)N(CCc1ccccc1)C2=O. The summed E-state index contributed by atoms with van der Waals surface area (Å²) in [7, 11) is 0. The Bertz CT molecular complexity index is 1680. The molecular formula is C31H22N4O4. The van der Waals surface area contributed by atoms with Crippen LogP contribution in [0, 0.1) is 0 Å². The standard InChI is InChI=1S/C31H22N4O4/c36-27(32-24-14-11-22(12-15-24)29-34-33-28(39-29)21-9-5-2-6-10-21)23-13-16-25-26(19-23)31(38)35(30(25)37)18-17-20-7-3-1-4-8-20/h1-16,19H,17-18H2,(H,32,36). The van der Waals surface area contributed by atoms with Crippen LogP contribution in [0.15, 0.2) is 108 Å². The number of amides is 3. The van der Waals surface area contributed by atoms with E-state index in [1.54, 1.807) is 30.3 Å². The van der Waals surface area contributed by atoms with Crippen LogP contribution in [0.4, 0.5) is 5.69 Å². The van der Waals surface area contributed by atoms with Crippen molar-refractivity contribution < 1.29 is 18.8 Å². The Morgan fingerprint density at radius 1 is 0.718 bits per heavy atom. The Kier molecular flexibility index (Phi) is 6.26. The van der Waals surface area contributed by atoms with Crippen LogP contribution in [0.3, 0.4) is 0 Å². The molecule has 0 atom stereocenters. The molecule has 39 heavy (non-hydrogen) atoms. The molecule has 0 fully saturated rings. The van der Waals surface area contributed by atoms with Gasteiger partial charge in [0.1, 0.15) is 0 Å². The first-order chi connectivity index (χ1) is 19.1. The van der Waals surface area contributed by atoms with Crippen molar-refractivity contribution in [3.63, 3.8) is 0 Å². The van der Waals surface area contributed by atoms with Crippen LogP contribution < -0.4 is 5.32 Å². The second-order valence-corrected chi connectivity index (χ2v) is 9.07. The van der Waals surface area contributed by atoms with Gasteiger partial charge in [-0.1, -0.05) is 48.5 Å². The maximum Gasteiger partial charge on any atom is 0.261 e. The first-order valence-corrected chi connectivity index (χ1v) is 12.4. The van der Waals surface area contributed by atoms with Gasteiger partial charge in [0.05, 0.1) is 11.1 Å². The fourth-order valence-corrected chi connectivity index (χ4v) is 4.46. The number of benzene rings is 4. The monoisotopic (exact) mass is 514 g/mol. The predicted molar refractivity (Wildman–Crippen MR) is 145 cm³/mol. The van der Waals surface area contributed by atoms with E-state index in [1.807, 2.05) is 60.7 Å². The molecule has 1 N–H and O–H groups in total. The first-order valence-electron chi connectivity index (χ1n) is 12.4. The number of anilines is 1. The van der Waals surface area contributed by atoms with Gasteiger partial charge in [-0.2, -0.15) is 0 Å². The van der Waals surface area contributed by atoms with Crippen LogP contribution in [-0.2, 0) is 6.42 Å². The average Bonchev–Trinajstić information content (AvgIpc) is 3.57. The molecule has 3 amide bonds. The van der Waals surface area contributed by atoms with E-state index in [-0.39, 0.29) is 29.5 Å². The number of carbonyl (C=O) groups is 3. The highest BCUT2D eigenvalue weighted by Gasteiger charge is 2.35. The lowest BCUT2D eigenvalue weighted by Gasteiger charge is -2.13. The zero-order chi connectivity index (χ0) is 26.8. The molecule has 4 aromatic carbocycles. The molecule has 0 unspecified atom stereocenters. The third-order valence-electron chi connectivity index (χ3n) is 6.54. The van der Waals surface area contributed by atoms with E-state index in [2.05, 4.69) is 15.5 Å². The molecule has 0 radical (unpaired) electrons. The highest BCUT2D eigenvalue weighted by Crippen LogP contribution is 2.27. The second kappa shape index (κ2) is 10.2. The molecule has 8 nitrogen and oxygen atoms in total. The summed E-state index contributed by atoms with van der Waals surface area (Å²) < 4.78 is 5.79. The molecule has 6 rings (SSSR count). The molecule has 1 aliphatic heterocycles. The lowest BCUT2D eigenvalue weighted by molar-refractivity contribution is 0.0656. The van der Waals surface area contributed by atoms with Gasteiger partial charge in [-0.3, -0.25) is 19.3 Å². The summed E-state index contributed by atoms with van der Waals surface area (Å²) in [4.78, 5) is 40.0. The number of hydrogen-bond acceptors (Lipinski definition) is 6. The summed E-state index contributed by atoms with van der Waals surface area (Å²) in [5.74, 6) is -0.335. The van der Waals surface area contributed by atoms with Crippen molar-refractivity contribution in [2.75, 3.05) is 11.9 Å². The summed E-state index contributed by atoms with van der Waals surface area (Å²) in [6.45, 7) is 0.275. The summed E-state index contributed by atoms with van der Waals surface area (Å²) >= 11 is 0. The fourth-order valence-electron chi connectivity index (χ4n) is 4.46. The normalized spacial score (nSPS) is 12.5. The van der Waals surface area contributed by atoms with Crippen molar-refractivity contribution in [2.45, 2.75) is 6.42 Å². The molecule has 1 aromatic heterocycles. The number of aromatic nitrogens is 2. The van der Waals surface area contributed by atoms with Gasteiger partial charge in [0.2, 0.25) is 11.8 Å². The molecule has 0 aliphatic carbocycles. The molecule has 2 heterocycles. The van der Waals surface area contributed by atoms with Crippen molar-refractivity contribution in [1.29, 1.82) is 0 Å². The van der Waals surface area contributed by atoms with Crippen LogP contribution >= 0.6 is 0 Å². The van der Waals surface area contributed by atoms with E-state index in [4.69, 9.17) is 4.42 Å². The first kappa shape index (κ1) is 24.0. The molecule has 0 spiro atoms. The van der Waals surface area contributed by atoms with E-state index in [0.29, 0.717) is 35.0 Å². The van der Waals surface area contributed by atoms with Gasteiger partial charge >= 0.3 is 0 Å². The highest BCUT2D eigenvalue weighted by molar-refractivity contribution is 6.22. The van der Waals surface area contributed by atoms with Crippen molar-refractivity contribution in [3.05, 3.63) is 125 Å². The molecule has 0 saturated heterocycles. The summed E-state index contributed by atoms with van der Waals surface area (Å²) in [5, 5.41) is 11.0.